The standard InChI is InChI=1S/C14H24N2O5/c17-9-11-3-1-2-6-16(11)14(20)15-7-4-12(5-8-15)21-10-13(18)19/h11-12,17H,1-10H2,(H,18,19). The van der Waals surface area contributed by atoms with Gasteiger partial charge in [-0.15, -0.1) is 0 Å². The minimum atomic E-state index is -0.965. The molecule has 0 spiro atoms. The Balaban J connectivity index is 1.80. The van der Waals surface area contributed by atoms with Crippen molar-refractivity contribution in [1.82, 2.24) is 9.80 Å². The number of carbonyl (C=O) groups excluding carboxylic acids is 1. The molecule has 2 aliphatic heterocycles. The third kappa shape index (κ3) is 4.31. The summed E-state index contributed by atoms with van der Waals surface area (Å²) in [5.74, 6) is -0.965. The van der Waals surface area contributed by atoms with E-state index in [4.69, 9.17) is 9.84 Å². The summed E-state index contributed by atoms with van der Waals surface area (Å²) in [6, 6.07) is -0.0716. The molecule has 0 radical (unpaired) electrons. The van der Waals surface area contributed by atoms with Crippen molar-refractivity contribution >= 4 is 12.0 Å². The Labute approximate surface area is 124 Å². The van der Waals surface area contributed by atoms with Crippen LogP contribution >= 0.6 is 0 Å². The highest BCUT2D eigenvalue weighted by atomic mass is 16.5. The Morgan fingerprint density at radius 2 is 1.81 bits per heavy atom. The Morgan fingerprint density at radius 1 is 1.10 bits per heavy atom. The number of urea groups is 1. The van der Waals surface area contributed by atoms with E-state index in [1.54, 1.807) is 9.80 Å². The molecule has 2 N–H and O–H groups in total. The lowest BCUT2D eigenvalue weighted by molar-refractivity contribution is -0.145. The molecular weight excluding hydrogens is 276 g/mol. The van der Waals surface area contributed by atoms with Crippen LogP contribution in [-0.2, 0) is 9.53 Å². The summed E-state index contributed by atoms with van der Waals surface area (Å²) in [7, 11) is 0. The molecule has 7 nitrogen and oxygen atoms in total. The number of piperidine rings is 2. The van der Waals surface area contributed by atoms with Gasteiger partial charge in [0.25, 0.3) is 0 Å². The van der Waals surface area contributed by atoms with E-state index in [1.807, 2.05) is 0 Å². The van der Waals surface area contributed by atoms with Gasteiger partial charge in [-0.25, -0.2) is 9.59 Å². The van der Waals surface area contributed by atoms with Gasteiger partial charge < -0.3 is 24.7 Å². The summed E-state index contributed by atoms with van der Waals surface area (Å²) in [5.41, 5.74) is 0. The topological polar surface area (TPSA) is 90.3 Å². The van der Waals surface area contributed by atoms with E-state index in [1.165, 1.54) is 0 Å². The van der Waals surface area contributed by atoms with Crippen molar-refractivity contribution in [3.05, 3.63) is 0 Å². The molecule has 0 aromatic heterocycles. The Kier molecular flexibility index (Phi) is 5.81. The van der Waals surface area contributed by atoms with E-state index in [2.05, 4.69) is 0 Å². The summed E-state index contributed by atoms with van der Waals surface area (Å²) in [4.78, 5) is 26.5. The number of amides is 2. The van der Waals surface area contributed by atoms with Gasteiger partial charge in [0.2, 0.25) is 0 Å². The second kappa shape index (κ2) is 7.61. The van der Waals surface area contributed by atoms with Crippen molar-refractivity contribution in [1.29, 1.82) is 0 Å². The second-order valence-electron chi connectivity index (χ2n) is 5.70. The molecule has 21 heavy (non-hydrogen) atoms. The molecule has 2 saturated heterocycles. The van der Waals surface area contributed by atoms with E-state index in [9.17, 15) is 14.7 Å². The number of likely N-dealkylation sites (tertiary alicyclic amines) is 2. The number of aliphatic carboxylic acids is 1. The van der Waals surface area contributed by atoms with Gasteiger partial charge in [0.1, 0.15) is 6.61 Å². The Bertz CT molecular complexity index is 368. The average molecular weight is 300 g/mol. The number of ether oxygens (including phenoxy) is 1. The number of aliphatic hydroxyl groups is 1. The Morgan fingerprint density at radius 3 is 2.43 bits per heavy atom. The maximum atomic E-state index is 12.5. The summed E-state index contributed by atoms with van der Waals surface area (Å²) < 4.78 is 5.27. The SMILES string of the molecule is O=C(O)COC1CCN(C(=O)N2CCCCC2CO)CC1. The van der Waals surface area contributed by atoms with Crippen LogP contribution in [0, 0.1) is 0 Å². The molecular formula is C14H24N2O5. The smallest absolute Gasteiger partial charge is 0.329 e. The van der Waals surface area contributed by atoms with Gasteiger partial charge in [-0.3, -0.25) is 0 Å². The number of carboxylic acid groups (broad SMARTS) is 1. The van der Waals surface area contributed by atoms with Crippen LogP contribution in [0.15, 0.2) is 0 Å². The summed E-state index contributed by atoms with van der Waals surface area (Å²) >= 11 is 0. The van der Waals surface area contributed by atoms with E-state index in [0.29, 0.717) is 32.5 Å². The highest BCUT2D eigenvalue weighted by molar-refractivity contribution is 5.75. The fourth-order valence-corrected chi connectivity index (χ4v) is 3.03. The molecule has 120 valence electrons. The summed E-state index contributed by atoms with van der Waals surface area (Å²) in [5, 5.41) is 18.0. The lowest BCUT2D eigenvalue weighted by Crippen LogP contribution is -2.53. The van der Waals surface area contributed by atoms with Crippen LogP contribution < -0.4 is 0 Å². The van der Waals surface area contributed by atoms with Crippen LogP contribution in [0.3, 0.4) is 0 Å². The molecule has 2 heterocycles. The van der Waals surface area contributed by atoms with Gasteiger partial charge in [0.15, 0.2) is 0 Å². The highest BCUT2D eigenvalue weighted by Crippen LogP contribution is 2.21. The van der Waals surface area contributed by atoms with E-state index in [0.717, 1.165) is 19.3 Å². The fraction of sp³-hybridized carbons (Fsp3) is 0.857. The van der Waals surface area contributed by atoms with Crippen LogP contribution in [0.1, 0.15) is 32.1 Å². The first-order chi connectivity index (χ1) is 10.1. The molecule has 1 atom stereocenters. The van der Waals surface area contributed by atoms with Crippen molar-refractivity contribution in [2.45, 2.75) is 44.2 Å². The van der Waals surface area contributed by atoms with Gasteiger partial charge in [-0.1, -0.05) is 0 Å². The molecule has 0 aromatic rings. The zero-order valence-corrected chi connectivity index (χ0v) is 12.2. The molecule has 2 fully saturated rings. The van der Waals surface area contributed by atoms with Gasteiger partial charge in [-0.2, -0.15) is 0 Å². The van der Waals surface area contributed by atoms with Crippen LogP contribution in [0.4, 0.5) is 4.79 Å². The highest BCUT2D eigenvalue weighted by Gasteiger charge is 2.31. The maximum Gasteiger partial charge on any atom is 0.329 e. The normalized spacial score (nSPS) is 24.1. The molecule has 0 saturated carbocycles. The predicted octanol–water partition coefficient (Wildman–Crippen LogP) is 0.519. The maximum absolute atomic E-state index is 12.5. The van der Waals surface area contributed by atoms with E-state index >= 15 is 0 Å². The van der Waals surface area contributed by atoms with Crippen molar-refractivity contribution in [3.8, 4) is 0 Å². The number of carboxylic acids is 1. The van der Waals surface area contributed by atoms with Crippen LogP contribution in [-0.4, -0.2) is 77.0 Å². The van der Waals surface area contributed by atoms with Crippen LogP contribution in [0.5, 0.6) is 0 Å². The van der Waals surface area contributed by atoms with Gasteiger partial charge in [0.05, 0.1) is 18.8 Å². The number of hydrogen-bond acceptors (Lipinski definition) is 4. The van der Waals surface area contributed by atoms with Gasteiger partial charge in [0, 0.05) is 19.6 Å². The zero-order chi connectivity index (χ0) is 15.2. The fourth-order valence-electron chi connectivity index (χ4n) is 3.03. The first-order valence-electron chi connectivity index (χ1n) is 7.61. The monoisotopic (exact) mass is 300 g/mol. The molecule has 0 aliphatic carbocycles. The van der Waals surface area contributed by atoms with Gasteiger partial charge >= 0.3 is 12.0 Å². The minimum absolute atomic E-state index is 0.00886. The number of rotatable bonds is 4. The van der Waals surface area contributed by atoms with E-state index in [-0.39, 0.29) is 31.4 Å². The summed E-state index contributed by atoms with van der Waals surface area (Å²) in [6.07, 6.45) is 4.15. The van der Waals surface area contributed by atoms with Crippen molar-refractivity contribution < 1.29 is 24.5 Å². The van der Waals surface area contributed by atoms with Crippen molar-refractivity contribution in [2.75, 3.05) is 32.8 Å². The minimum Gasteiger partial charge on any atom is -0.480 e. The summed E-state index contributed by atoms with van der Waals surface area (Å²) in [6.45, 7) is 1.61. The number of aliphatic hydroxyl groups excluding tert-OH is 1. The van der Waals surface area contributed by atoms with Crippen LogP contribution in [0.25, 0.3) is 0 Å². The predicted molar refractivity (Wildman–Crippen MR) is 75.0 cm³/mol. The molecule has 2 amide bonds. The number of nitrogens with zero attached hydrogens (tertiary/aromatic N) is 2. The third-order valence-electron chi connectivity index (χ3n) is 4.24. The molecule has 0 aromatic carbocycles. The lowest BCUT2D eigenvalue weighted by atomic mass is 10.0. The van der Waals surface area contributed by atoms with Crippen LogP contribution in [0.2, 0.25) is 0 Å². The van der Waals surface area contributed by atoms with Crippen molar-refractivity contribution in [3.63, 3.8) is 0 Å². The second-order valence-corrected chi connectivity index (χ2v) is 5.70. The molecule has 1 unspecified atom stereocenters. The first-order valence-corrected chi connectivity index (χ1v) is 7.61. The van der Waals surface area contributed by atoms with E-state index < -0.39 is 5.97 Å². The third-order valence-corrected chi connectivity index (χ3v) is 4.24. The number of hydrogen-bond donors (Lipinski definition) is 2. The molecule has 2 aliphatic rings. The van der Waals surface area contributed by atoms with Gasteiger partial charge in [-0.05, 0) is 32.1 Å². The zero-order valence-electron chi connectivity index (χ0n) is 12.2. The van der Waals surface area contributed by atoms with Crippen molar-refractivity contribution in [2.24, 2.45) is 0 Å². The molecule has 7 heteroatoms. The Hall–Kier alpha value is -1.34. The quantitative estimate of drug-likeness (QED) is 0.790. The average Bonchev–Trinajstić information content (AvgIpc) is 2.52. The molecule has 2 rings (SSSR count). The molecule has 0 bridgehead atoms. The number of carbonyl (C=O) groups is 2. The lowest BCUT2D eigenvalue weighted by Gasteiger charge is -2.40. The first kappa shape index (κ1) is 16.0. The largest absolute Gasteiger partial charge is 0.480 e.